The van der Waals surface area contributed by atoms with Crippen molar-refractivity contribution in [2.45, 2.75) is 44.9 Å². The molecule has 2 fully saturated rings. The van der Waals surface area contributed by atoms with E-state index in [0.29, 0.717) is 12.1 Å². The molecule has 4 heterocycles. The number of rotatable bonds is 4. The van der Waals surface area contributed by atoms with Crippen LogP contribution in [0.3, 0.4) is 0 Å². The van der Waals surface area contributed by atoms with Crippen LogP contribution in [0, 0.1) is 6.92 Å². The molecule has 0 spiro atoms. The van der Waals surface area contributed by atoms with E-state index in [1.54, 1.807) is 0 Å². The van der Waals surface area contributed by atoms with Crippen molar-refractivity contribution in [3.05, 3.63) is 53.7 Å². The number of nitrogens with zero attached hydrogens (tertiary/aromatic N) is 3. The third kappa shape index (κ3) is 2.69. The van der Waals surface area contributed by atoms with Crippen molar-refractivity contribution < 1.29 is 4.42 Å². The van der Waals surface area contributed by atoms with Gasteiger partial charge in [-0.1, -0.05) is 0 Å². The van der Waals surface area contributed by atoms with Crippen molar-refractivity contribution in [1.29, 1.82) is 0 Å². The van der Waals surface area contributed by atoms with Gasteiger partial charge >= 0.3 is 0 Å². The maximum absolute atomic E-state index is 5.75. The first kappa shape index (κ1) is 14.0. The molecular weight excluding hydrogens is 274 g/mol. The molecule has 0 amide bonds. The summed E-state index contributed by atoms with van der Waals surface area (Å²) in [7, 11) is 0. The van der Waals surface area contributed by atoms with Gasteiger partial charge in [-0.25, -0.2) is 0 Å². The Balaban J connectivity index is 1.41. The Morgan fingerprint density at radius 3 is 2.32 bits per heavy atom. The van der Waals surface area contributed by atoms with Gasteiger partial charge in [0, 0.05) is 44.1 Å². The van der Waals surface area contributed by atoms with Gasteiger partial charge in [-0.2, -0.15) is 0 Å². The first-order valence-electron chi connectivity index (χ1n) is 8.22. The molecule has 116 valence electrons. The Kier molecular flexibility index (Phi) is 3.72. The molecule has 22 heavy (non-hydrogen) atoms. The Morgan fingerprint density at radius 1 is 1.00 bits per heavy atom. The highest BCUT2D eigenvalue weighted by Crippen LogP contribution is 2.33. The van der Waals surface area contributed by atoms with Gasteiger partial charge in [0.2, 0.25) is 0 Å². The van der Waals surface area contributed by atoms with Gasteiger partial charge in [0.05, 0.1) is 6.54 Å². The number of likely N-dealkylation sites (tertiary alicyclic amines) is 2. The van der Waals surface area contributed by atoms with Gasteiger partial charge in [0.15, 0.2) is 0 Å². The van der Waals surface area contributed by atoms with Gasteiger partial charge in [-0.15, -0.1) is 0 Å². The summed E-state index contributed by atoms with van der Waals surface area (Å²) in [5.74, 6) is 2.11. The van der Waals surface area contributed by atoms with E-state index in [1.165, 1.54) is 31.5 Å². The Morgan fingerprint density at radius 2 is 1.68 bits per heavy atom. The molecule has 2 aliphatic rings. The number of aromatic nitrogens is 1. The van der Waals surface area contributed by atoms with Crippen molar-refractivity contribution in [3.63, 3.8) is 0 Å². The SMILES string of the molecule is Cc1ccc(CN2CC[C@@H]3[C@@H]2CCN3Cc2ccncc2)o1. The molecule has 2 aliphatic heterocycles. The molecule has 0 bridgehead atoms. The smallest absolute Gasteiger partial charge is 0.118 e. The Hall–Kier alpha value is -1.65. The molecule has 4 rings (SSSR count). The predicted molar refractivity (Wildman–Crippen MR) is 85.3 cm³/mol. The van der Waals surface area contributed by atoms with Crippen molar-refractivity contribution in [2.75, 3.05) is 13.1 Å². The molecule has 2 aromatic rings. The second-order valence-electron chi connectivity index (χ2n) is 6.52. The fourth-order valence-corrected chi connectivity index (χ4v) is 4.05. The highest BCUT2D eigenvalue weighted by atomic mass is 16.3. The van der Waals surface area contributed by atoms with Crippen LogP contribution in [0.15, 0.2) is 41.1 Å². The average molecular weight is 297 g/mol. The van der Waals surface area contributed by atoms with Crippen molar-refractivity contribution in [3.8, 4) is 0 Å². The second kappa shape index (κ2) is 5.86. The number of fused-ring (bicyclic) bond motifs is 1. The number of hydrogen-bond donors (Lipinski definition) is 0. The standard InChI is InChI=1S/C18H23N3O/c1-14-2-3-16(22-14)13-21-11-7-17-18(21)6-10-20(17)12-15-4-8-19-9-5-15/h2-5,8-9,17-18H,6-7,10-13H2,1H3/t17-,18+/m1/s1. The fourth-order valence-electron chi connectivity index (χ4n) is 4.05. The normalized spacial score (nSPS) is 25.7. The van der Waals surface area contributed by atoms with Crippen LogP contribution in [0.5, 0.6) is 0 Å². The van der Waals surface area contributed by atoms with E-state index in [-0.39, 0.29) is 0 Å². The summed E-state index contributed by atoms with van der Waals surface area (Å²) >= 11 is 0. The first-order chi connectivity index (χ1) is 10.8. The summed E-state index contributed by atoms with van der Waals surface area (Å²) in [6.45, 7) is 6.41. The van der Waals surface area contributed by atoms with E-state index in [0.717, 1.165) is 24.6 Å². The van der Waals surface area contributed by atoms with Crippen LogP contribution in [0.1, 0.15) is 29.9 Å². The molecular formula is C18H23N3O. The summed E-state index contributed by atoms with van der Waals surface area (Å²) < 4.78 is 5.75. The van der Waals surface area contributed by atoms with Crippen molar-refractivity contribution in [1.82, 2.24) is 14.8 Å². The number of hydrogen-bond acceptors (Lipinski definition) is 4. The summed E-state index contributed by atoms with van der Waals surface area (Å²) in [6, 6.07) is 9.83. The van der Waals surface area contributed by atoms with E-state index in [9.17, 15) is 0 Å². The van der Waals surface area contributed by atoms with Crippen LogP contribution in [0.25, 0.3) is 0 Å². The summed E-state index contributed by atoms with van der Waals surface area (Å²) in [5, 5.41) is 0. The second-order valence-corrected chi connectivity index (χ2v) is 6.52. The lowest BCUT2D eigenvalue weighted by atomic mass is 10.1. The molecule has 2 aromatic heterocycles. The van der Waals surface area contributed by atoms with Crippen molar-refractivity contribution >= 4 is 0 Å². The molecule has 4 nitrogen and oxygen atoms in total. The molecule has 0 N–H and O–H groups in total. The van der Waals surface area contributed by atoms with E-state index < -0.39 is 0 Å². The molecule has 2 atom stereocenters. The topological polar surface area (TPSA) is 32.5 Å². The predicted octanol–water partition coefficient (Wildman–Crippen LogP) is 2.83. The molecule has 0 aliphatic carbocycles. The van der Waals surface area contributed by atoms with Crippen LogP contribution >= 0.6 is 0 Å². The molecule has 0 unspecified atom stereocenters. The third-order valence-electron chi connectivity index (χ3n) is 5.10. The Bertz CT molecular complexity index is 624. The lowest BCUT2D eigenvalue weighted by Gasteiger charge is -2.25. The van der Waals surface area contributed by atoms with Gasteiger partial charge in [0.1, 0.15) is 11.5 Å². The van der Waals surface area contributed by atoms with E-state index in [1.807, 2.05) is 19.3 Å². The van der Waals surface area contributed by atoms with Gasteiger partial charge in [-0.3, -0.25) is 14.8 Å². The van der Waals surface area contributed by atoms with Crippen molar-refractivity contribution in [2.24, 2.45) is 0 Å². The van der Waals surface area contributed by atoms with E-state index in [2.05, 4.69) is 39.0 Å². The molecule has 2 saturated heterocycles. The maximum Gasteiger partial charge on any atom is 0.118 e. The summed E-state index contributed by atoms with van der Waals surface area (Å²) in [5.41, 5.74) is 1.37. The molecule has 0 aromatic carbocycles. The van der Waals surface area contributed by atoms with E-state index in [4.69, 9.17) is 4.42 Å². The minimum atomic E-state index is 0.687. The van der Waals surface area contributed by atoms with Crippen LogP contribution < -0.4 is 0 Å². The van der Waals surface area contributed by atoms with Gasteiger partial charge < -0.3 is 4.42 Å². The number of pyridine rings is 1. The zero-order valence-corrected chi connectivity index (χ0v) is 13.1. The van der Waals surface area contributed by atoms with Crippen LogP contribution in [0.2, 0.25) is 0 Å². The van der Waals surface area contributed by atoms with Crippen LogP contribution in [-0.4, -0.2) is 40.0 Å². The van der Waals surface area contributed by atoms with E-state index >= 15 is 0 Å². The summed E-state index contributed by atoms with van der Waals surface area (Å²) in [6.07, 6.45) is 6.33. The lowest BCUT2D eigenvalue weighted by Crippen LogP contribution is -2.35. The molecule has 0 radical (unpaired) electrons. The minimum absolute atomic E-state index is 0.687. The van der Waals surface area contributed by atoms with Gasteiger partial charge in [0.25, 0.3) is 0 Å². The minimum Gasteiger partial charge on any atom is -0.465 e. The summed E-state index contributed by atoms with van der Waals surface area (Å²) in [4.78, 5) is 9.36. The zero-order chi connectivity index (χ0) is 14.9. The lowest BCUT2D eigenvalue weighted by molar-refractivity contribution is 0.202. The molecule has 4 heteroatoms. The van der Waals surface area contributed by atoms with Crippen LogP contribution in [-0.2, 0) is 13.1 Å². The van der Waals surface area contributed by atoms with Gasteiger partial charge in [-0.05, 0) is 49.6 Å². The van der Waals surface area contributed by atoms with Crippen LogP contribution in [0.4, 0.5) is 0 Å². The monoisotopic (exact) mass is 297 g/mol. The number of aryl methyl sites for hydroxylation is 1. The maximum atomic E-state index is 5.75. The highest BCUT2D eigenvalue weighted by Gasteiger charge is 2.42. The zero-order valence-electron chi connectivity index (χ0n) is 13.1. The molecule has 0 saturated carbocycles. The average Bonchev–Trinajstić information content (AvgIpc) is 3.21. The quantitative estimate of drug-likeness (QED) is 0.869. The first-order valence-corrected chi connectivity index (χ1v) is 8.22. The Labute approximate surface area is 131 Å². The largest absolute Gasteiger partial charge is 0.465 e. The highest BCUT2D eigenvalue weighted by molar-refractivity contribution is 5.12. The number of furan rings is 1. The third-order valence-corrected chi connectivity index (χ3v) is 5.10. The fraction of sp³-hybridized carbons (Fsp3) is 0.500.